The highest BCUT2D eigenvalue weighted by Crippen LogP contribution is 2.45. The van der Waals surface area contributed by atoms with Crippen LogP contribution in [0.25, 0.3) is 111 Å². The van der Waals surface area contributed by atoms with Crippen molar-refractivity contribution in [3.63, 3.8) is 0 Å². The highest BCUT2D eigenvalue weighted by Gasteiger charge is 2.23. The molecule has 270 valence electrons. The topological polar surface area (TPSA) is 48.5 Å². The Hall–Kier alpha value is -7.89. The smallest absolute Gasteiger partial charge is 0.164 e. The molecule has 5 heteroatoms. The minimum Gasteiger partial charge on any atom is -0.309 e. The molecule has 0 unspecified atom stereocenters. The monoisotopic (exact) mass is 739 g/mol. The van der Waals surface area contributed by atoms with Crippen molar-refractivity contribution in [1.29, 1.82) is 0 Å². The van der Waals surface area contributed by atoms with Crippen LogP contribution in [0.2, 0.25) is 0 Å². The number of nitrogens with zero attached hydrogens (tertiary/aromatic N) is 5. The zero-order valence-electron chi connectivity index (χ0n) is 31.3. The number of hydrogen-bond donors (Lipinski definition) is 0. The Morgan fingerprint density at radius 2 is 0.862 bits per heavy atom. The van der Waals surface area contributed by atoms with Crippen molar-refractivity contribution in [2.75, 3.05) is 0 Å². The van der Waals surface area contributed by atoms with Gasteiger partial charge in [0.15, 0.2) is 17.5 Å². The third-order valence-electron chi connectivity index (χ3n) is 11.5. The molecular weight excluding hydrogens is 707 g/mol. The molecule has 0 saturated heterocycles. The van der Waals surface area contributed by atoms with Gasteiger partial charge in [-0.25, -0.2) is 15.0 Å². The van der Waals surface area contributed by atoms with Gasteiger partial charge in [-0.2, -0.15) is 0 Å². The first kappa shape index (κ1) is 32.4. The van der Waals surface area contributed by atoms with Crippen LogP contribution in [0, 0.1) is 0 Å². The molecule has 0 atom stereocenters. The second kappa shape index (κ2) is 12.8. The van der Waals surface area contributed by atoms with Crippen LogP contribution in [0.3, 0.4) is 0 Å². The van der Waals surface area contributed by atoms with Crippen LogP contribution in [0.1, 0.15) is 0 Å². The molecule has 0 bridgehead atoms. The highest BCUT2D eigenvalue weighted by molar-refractivity contribution is 6.30. The summed E-state index contributed by atoms with van der Waals surface area (Å²) in [6.45, 7) is 0. The van der Waals surface area contributed by atoms with Crippen molar-refractivity contribution in [1.82, 2.24) is 24.1 Å². The summed E-state index contributed by atoms with van der Waals surface area (Å²) < 4.78 is 4.91. The first-order valence-corrected chi connectivity index (χ1v) is 19.6. The molecule has 0 amide bonds. The quantitative estimate of drug-likeness (QED) is 0.177. The Labute approximate surface area is 333 Å². The average Bonchev–Trinajstić information content (AvgIpc) is 3.82. The van der Waals surface area contributed by atoms with Crippen LogP contribution >= 0.6 is 0 Å². The lowest BCUT2D eigenvalue weighted by molar-refractivity contribution is 1.08. The summed E-state index contributed by atoms with van der Waals surface area (Å²) in [6, 6.07) is 70.9. The number of para-hydroxylation sites is 2. The highest BCUT2D eigenvalue weighted by atomic mass is 15.0. The van der Waals surface area contributed by atoms with Gasteiger partial charge in [-0.1, -0.05) is 158 Å². The molecule has 0 fully saturated rings. The zero-order valence-corrected chi connectivity index (χ0v) is 31.3. The summed E-state index contributed by atoms with van der Waals surface area (Å²) in [5, 5.41) is 9.62. The molecule has 0 aliphatic heterocycles. The lowest BCUT2D eigenvalue weighted by atomic mass is 10.0. The van der Waals surface area contributed by atoms with Crippen LogP contribution < -0.4 is 0 Å². The fraction of sp³-hybridized carbons (Fsp3) is 0. The van der Waals surface area contributed by atoms with Crippen LogP contribution in [-0.2, 0) is 0 Å². The molecule has 12 rings (SSSR count). The molecule has 3 aromatic heterocycles. The molecule has 12 aromatic rings. The van der Waals surface area contributed by atoms with Gasteiger partial charge in [0, 0.05) is 49.3 Å². The van der Waals surface area contributed by atoms with Crippen LogP contribution in [0.5, 0.6) is 0 Å². The normalized spacial score (nSPS) is 11.8. The van der Waals surface area contributed by atoms with Gasteiger partial charge in [-0.15, -0.1) is 0 Å². The van der Waals surface area contributed by atoms with E-state index in [1.165, 1.54) is 43.4 Å². The molecule has 0 radical (unpaired) electrons. The van der Waals surface area contributed by atoms with E-state index in [9.17, 15) is 0 Å². The average molecular weight is 740 g/mol. The van der Waals surface area contributed by atoms with Gasteiger partial charge in [-0.3, -0.25) is 0 Å². The molecule has 58 heavy (non-hydrogen) atoms. The molecule has 0 aliphatic carbocycles. The lowest BCUT2D eigenvalue weighted by Crippen LogP contribution is -2.01. The molecule has 0 saturated carbocycles. The van der Waals surface area contributed by atoms with Crippen molar-refractivity contribution in [3.05, 3.63) is 200 Å². The summed E-state index contributed by atoms with van der Waals surface area (Å²) in [4.78, 5) is 15.2. The van der Waals surface area contributed by atoms with E-state index in [0.717, 1.165) is 49.9 Å². The summed E-state index contributed by atoms with van der Waals surface area (Å²) in [7, 11) is 0. The maximum atomic E-state index is 5.13. The van der Waals surface area contributed by atoms with Gasteiger partial charge in [0.05, 0.1) is 27.8 Å². The summed E-state index contributed by atoms with van der Waals surface area (Å²) in [5.74, 6) is 1.93. The van der Waals surface area contributed by atoms with E-state index in [1.807, 2.05) is 60.7 Å². The molecule has 5 nitrogen and oxygen atoms in total. The summed E-state index contributed by atoms with van der Waals surface area (Å²) >= 11 is 0. The molecule has 0 aliphatic rings. The van der Waals surface area contributed by atoms with Gasteiger partial charge in [0.2, 0.25) is 0 Å². The number of hydrogen-bond acceptors (Lipinski definition) is 3. The second-order valence-electron chi connectivity index (χ2n) is 14.8. The Morgan fingerprint density at radius 1 is 0.310 bits per heavy atom. The van der Waals surface area contributed by atoms with Gasteiger partial charge in [-0.05, 0) is 58.6 Å². The fourth-order valence-corrected chi connectivity index (χ4v) is 9.03. The van der Waals surface area contributed by atoms with Crippen LogP contribution in [-0.4, -0.2) is 24.1 Å². The predicted octanol–water partition coefficient (Wildman–Crippen LogP) is 13.4. The van der Waals surface area contributed by atoms with Crippen molar-refractivity contribution < 1.29 is 0 Å². The summed E-state index contributed by atoms with van der Waals surface area (Å²) in [6.07, 6.45) is 0. The minimum absolute atomic E-state index is 0.638. The third kappa shape index (κ3) is 4.87. The number of rotatable bonds is 5. The van der Waals surface area contributed by atoms with Crippen molar-refractivity contribution in [2.45, 2.75) is 0 Å². The number of aromatic nitrogens is 5. The van der Waals surface area contributed by atoms with E-state index in [0.29, 0.717) is 17.5 Å². The number of fused-ring (bicyclic) bond motifs is 10. The maximum absolute atomic E-state index is 5.13. The van der Waals surface area contributed by atoms with Gasteiger partial charge in [0.25, 0.3) is 0 Å². The third-order valence-corrected chi connectivity index (χ3v) is 11.5. The van der Waals surface area contributed by atoms with E-state index in [-0.39, 0.29) is 0 Å². The van der Waals surface area contributed by atoms with E-state index >= 15 is 0 Å². The Morgan fingerprint density at radius 3 is 1.59 bits per heavy atom. The standard InChI is InChI=1S/C53H33N5/c1-4-17-35(18-5-1)51-54-52(36-19-6-2-7-20-36)56-53(55-51)41-29-32-45(40-25-13-12-24-39(40)41)58-44-27-15-14-26-42(44)49-47(58)33-30-43-48-38-23-11-10-16-34(38)28-31-46(48)57(50(43)49)37-21-8-3-9-22-37/h1-33H. The molecule has 0 spiro atoms. The SMILES string of the molecule is c1ccc(-c2nc(-c3ccccc3)nc(-c3ccc(-n4c5ccccc5c5c4ccc4c6c7ccccc7ccc6n(-c6ccccc6)c45)c4ccccc34)n2)cc1. The van der Waals surface area contributed by atoms with E-state index in [4.69, 9.17) is 15.0 Å². The molecular formula is C53H33N5. The predicted molar refractivity (Wildman–Crippen MR) is 240 cm³/mol. The second-order valence-corrected chi connectivity index (χ2v) is 14.8. The Balaban J connectivity index is 1.15. The molecule has 0 N–H and O–H groups in total. The fourth-order valence-electron chi connectivity index (χ4n) is 9.03. The van der Waals surface area contributed by atoms with Crippen molar-refractivity contribution in [2.24, 2.45) is 0 Å². The van der Waals surface area contributed by atoms with Gasteiger partial charge < -0.3 is 9.13 Å². The van der Waals surface area contributed by atoms with Crippen LogP contribution in [0.15, 0.2) is 200 Å². The van der Waals surface area contributed by atoms with Crippen molar-refractivity contribution >= 4 is 65.2 Å². The van der Waals surface area contributed by atoms with Crippen molar-refractivity contribution in [3.8, 4) is 45.5 Å². The van der Waals surface area contributed by atoms with Gasteiger partial charge in [0.1, 0.15) is 0 Å². The summed E-state index contributed by atoms with van der Waals surface area (Å²) in [5.41, 5.74) is 9.78. The molecule has 9 aromatic carbocycles. The van der Waals surface area contributed by atoms with Crippen LogP contribution in [0.4, 0.5) is 0 Å². The number of benzene rings is 9. The maximum Gasteiger partial charge on any atom is 0.164 e. The minimum atomic E-state index is 0.638. The van der Waals surface area contributed by atoms with Gasteiger partial charge >= 0.3 is 0 Å². The lowest BCUT2D eigenvalue weighted by Gasteiger charge is -2.15. The van der Waals surface area contributed by atoms with E-state index in [2.05, 4.69) is 149 Å². The Kier molecular flexibility index (Phi) is 7.16. The van der Waals surface area contributed by atoms with E-state index in [1.54, 1.807) is 0 Å². The first-order valence-electron chi connectivity index (χ1n) is 19.6. The zero-order chi connectivity index (χ0) is 38.2. The first-order chi connectivity index (χ1) is 28.8. The Bertz CT molecular complexity index is 3490. The largest absolute Gasteiger partial charge is 0.309 e. The van der Waals surface area contributed by atoms with E-state index < -0.39 is 0 Å². The molecule has 3 heterocycles.